The highest BCUT2D eigenvalue weighted by atomic mass is 28.4. The molecule has 0 heterocycles. The molecule has 0 amide bonds. The Bertz CT molecular complexity index is 2530. The molecule has 0 N–H and O–H groups in total. The Morgan fingerprint density at radius 2 is 0.311 bits per heavy atom. The maximum Gasteiger partial charge on any atom is 0.200 e. The molecule has 6 aromatic carbocycles. The summed E-state index contributed by atoms with van der Waals surface area (Å²) >= 11 is 0. The zero-order valence-corrected chi connectivity index (χ0v) is 69.2. The van der Waals surface area contributed by atoms with Crippen LogP contribution >= 0.6 is 0 Å². The van der Waals surface area contributed by atoms with E-state index >= 15 is 0 Å². The second kappa shape index (κ2) is 31.7. The maximum atomic E-state index is 7.40. The lowest BCUT2D eigenvalue weighted by Crippen LogP contribution is -2.48. The van der Waals surface area contributed by atoms with Crippen molar-refractivity contribution in [1.29, 1.82) is 0 Å². The molecule has 0 aromatic heterocycles. The van der Waals surface area contributed by atoms with Crippen molar-refractivity contribution in [2.45, 2.75) is 355 Å². The molecular weight excluding hydrogens is 1180 g/mol. The molecule has 0 bridgehead atoms. The Kier molecular flexibility index (Phi) is 27.2. The first-order valence-corrected chi connectivity index (χ1v) is 48.2. The minimum absolute atomic E-state index is 0.561. The van der Waals surface area contributed by atoms with Gasteiger partial charge in [0.15, 0.2) is 41.6 Å². The monoisotopic (exact) mass is 1320 g/mol. The van der Waals surface area contributed by atoms with Crippen LogP contribution < -0.4 is 0 Å². The van der Waals surface area contributed by atoms with E-state index in [-0.39, 0.29) is 0 Å². The third kappa shape index (κ3) is 14.5. The van der Waals surface area contributed by atoms with Crippen molar-refractivity contribution >= 4 is 95.4 Å². The molecule has 5 nitrogen and oxygen atoms in total. The zero-order chi connectivity index (χ0) is 67.5. The van der Waals surface area contributed by atoms with E-state index in [1.54, 1.807) is 0 Å². The Morgan fingerprint density at radius 3 is 0.411 bits per heavy atom. The molecule has 90 heavy (non-hydrogen) atoms. The van der Waals surface area contributed by atoms with E-state index in [0.717, 1.165) is 97.2 Å². The fourth-order valence-corrected chi connectivity index (χ4v) is 48.4. The number of benzene rings is 5. The standard InChI is InChI=1S/C80H140O5Si5/c1-51(2)86(52(3)4,53(5)6)81-41-31-36-66-46-72-68(38-33-43-83-88(57(13)14,58(15)16)59(17)18)48-74-70(40-35-45-85-90(63(25)26,64(27)28)65(29)30)50-75-69(39-34-44-84-89(60(19)20,61(21)22)62(23)24)49-73-67(47-71(66)76-77(72)79(74)80(75)78(73)76)37-32-42-82-87(54(7)8,55(9)10)56(11)12/h46-65H,31-45H2,1-30H3. The summed E-state index contributed by atoms with van der Waals surface area (Å²) in [6, 6.07) is 13.6. The van der Waals surface area contributed by atoms with E-state index < -0.39 is 41.6 Å². The predicted molar refractivity (Wildman–Crippen MR) is 414 cm³/mol. The van der Waals surface area contributed by atoms with Crippen LogP contribution in [0.5, 0.6) is 0 Å². The summed E-state index contributed by atoms with van der Waals surface area (Å²) in [5, 5.41) is 15.0. The molecule has 0 aliphatic rings. The van der Waals surface area contributed by atoms with E-state index in [9.17, 15) is 0 Å². The third-order valence-corrected chi connectivity index (χ3v) is 54.8. The first-order chi connectivity index (χ1) is 42.0. The highest BCUT2D eigenvalue weighted by Gasteiger charge is 2.49. The van der Waals surface area contributed by atoms with Crippen LogP contribution in [0.25, 0.3) is 53.9 Å². The van der Waals surface area contributed by atoms with Gasteiger partial charge in [-0.3, -0.25) is 0 Å². The first kappa shape index (κ1) is 77.3. The van der Waals surface area contributed by atoms with Gasteiger partial charge in [-0.15, -0.1) is 0 Å². The van der Waals surface area contributed by atoms with Crippen LogP contribution in [0.3, 0.4) is 0 Å². The van der Waals surface area contributed by atoms with E-state index in [1.165, 1.54) is 81.7 Å². The molecule has 0 atom stereocenters. The summed E-state index contributed by atoms with van der Waals surface area (Å²) in [6.07, 6.45) is 10.1. The van der Waals surface area contributed by atoms with Crippen molar-refractivity contribution in [3.63, 3.8) is 0 Å². The first-order valence-electron chi connectivity index (χ1n) is 37.5. The van der Waals surface area contributed by atoms with E-state index in [4.69, 9.17) is 22.1 Å². The van der Waals surface area contributed by atoms with Crippen molar-refractivity contribution in [3.05, 3.63) is 58.1 Å². The van der Waals surface area contributed by atoms with Crippen molar-refractivity contribution in [1.82, 2.24) is 0 Å². The molecule has 0 saturated carbocycles. The van der Waals surface area contributed by atoms with Gasteiger partial charge in [0.2, 0.25) is 0 Å². The number of rotatable bonds is 40. The average molecular weight is 1320 g/mol. The molecule has 10 heteroatoms. The summed E-state index contributed by atoms with van der Waals surface area (Å²) in [5.41, 5.74) is 15.9. The quantitative estimate of drug-likeness (QED) is 0.0218. The summed E-state index contributed by atoms with van der Waals surface area (Å²) in [5.74, 6) is 0. The van der Waals surface area contributed by atoms with Gasteiger partial charge in [0, 0.05) is 33.0 Å². The minimum atomic E-state index is -2.05. The van der Waals surface area contributed by atoms with Crippen LogP contribution in [0.2, 0.25) is 83.1 Å². The van der Waals surface area contributed by atoms with Crippen molar-refractivity contribution < 1.29 is 22.1 Å². The van der Waals surface area contributed by atoms with Crippen LogP contribution in [0.1, 0.15) is 268 Å². The summed E-state index contributed by atoms with van der Waals surface area (Å²) in [6.45, 7) is 77.1. The van der Waals surface area contributed by atoms with Crippen molar-refractivity contribution in [2.75, 3.05) is 33.0 Å². The smallest absolute Gasteiger partial charge is 0.200 e. The molecule has 6 rings (SSSR count). The fraction of sp³-hybridized carbons (Fsp3) is 0.750. The van der Waals surface area contributed by atoms with Gasteiger partial charge in [0.05, 0.1) is 0 Å². The van der Waals surface area contributed by atoms with Gasteiger partial charge in [0.1, 0.15) is 0 Å². The van der Waals surface area contributed by atoms with Crippen LogP contribution in [0.4, 0.5) is 0 Å². The highest BCUT2D eigenvalue weighted by Crippen LogP contribution is 2.54. The summed E-state index contributed by atoms with van der Waals surface area (Å²) in [4.78, 5) is 0. The summed E-state index contributed by atoms with van der Waals surface area (Å²) in [7, 11) is -10.2. The third-order valence-electron chi connectivity index (χ3n) is 24.2. The van der Waals surface area contributed by atoms with Gasteiger partial charge >= 0.3 is 0 Å². The van der Waals surface area contributed by atoms with Crippen LogP contribution in [-0.4, -0.2) is 74.6 Å². The Hall–Kier alpha value is -1.72. The van der Waals surface area contributed by atoms with E-state index in [1.807, 2.05) is 0 Å². The zero-order valence-electron chi connectivity index (χ0n) is 64.2. The van der Waals surface area contributed by atoms with E-state index in [2.05, 4.69) is 238 Å². The normalized spacial score (nSPS) is 14.3. The van der Waals surface area contributed by atoms with Crippen molar-refractivity contribution in [2.24, 2.45) is 0 Å². The van der Waals surface area contributed by atoms with Gasteiger partial charge in [-0.2, -0.15) is 0 Å². The molecule has 0 saturated heterocycles. The number of aryl methyl sites for hydroxylation is 5. The maximum absolute atomic E-state index is 7.40. The highest BCUT2D eigenvalue weighted by molar-refractivity contribution is 6.79. The molecule has 6 aromatic rings. The molecular formula is C80H140O5Si5. The van der Waals surface area contributed by atoms with Crippen LogP contribution in [0, 0.1) is 0 Å². The largest absolute Gasteiger partial charge is 0.416 e. The topological polar surface area (TPSA) is 46.2 Å². The average Bonchev–Trinajstić information content (AvgIpc) is 1.51. The Balaban J connectivity index is 1.65. The Labute approximate surface area is 560 Å². The molecule has 510 valence electrons. The van der Waals surface area contributed by atoms with Crippen LogP contribution in [-0.2, 0) is 54.2 Å². The van der Waals surface area contributed by atoms with E-state index in [0.29, 0.717) is 83.1 Å². The number of hydrogen-bond acceptors (Lipinski definition) is 5. The van der Waals surface area contributed by atoms with Gasteiger partial charge in [0.25, 0.3) is 0 Å². The number of hydrogen-bond donors (Lipinski definition) is 0. The Morgan fingerprint density at radius 1 is 0.200 bits per heavy atom. The molecule has 0 spiro atoms. The lowest BCUT2D eigenvalue weighted by atomic mass is 9.88. The molecule has 0 aliphatic carbocycles. The van der Waals surface area contributed by atoms with Gasteiger partial charge < -0.3 is 22.1 Å². The lowest BCUT2D eigenvalue weighted by molar-refractivity contribution is 0.272. The molecule has 0 fully saturated rings. The fourth-order valence-electron chi connectivity index (χ4n) is 21.0. The molecule has 0 radical (unpaired) electrons. The van der Waals surface area contributed by atoms with Gasteiger partial charge in [-0.05, 0) is 229 Å². The predicted octanol–water partition coefficient (Wildman–Crippen LogP) is 26.4. The second-order valence-electron chi connectivity index (χ2n) is 33.6. The van der Waals surface area contributed by atoms with Crippen molar-refractivity contribution in [3.8, 4) is 0 Å². The molecule has 0 aliphatic heterocycles. The van der Waals surface area contributed by atoms with Gasteiger partial charge in [-0.25, -0.2) is 0 Å². The lowest BCUT2D eigenvalue weighted by Gasteiger charge is -2.42. The van der Waals surface area contributed by atoms with Crippen LogP contribution in [0.15, 0.2) is 30.3 Å². The van der Waals surface area contributed by atoms with Gasteiger partial charge in [-0.1, -0.05) is 238 Å². The SMILES string of the molecule is CC(C)[Si](OCCCc1cc2c(CCCO[Si](C(C)C)(C(C)C)C(C)C)cc3c(CCCO[Si](C(C)C)(C(C)C)C(C)C)cc4c(CCCO[Si](C(C)C)(C(C)C)C(C)C)cc5c(CCCO[Si](C(C)C)(C(C)C)C(C)C)cc1c1c5c4c3c21)(C(C)C)C(C)C. The minimum Gasteiger partial charge on any atom is -0.416 e. The summed E-state index contributed by atoms with van der Waals surface area (Å²) < 4.78 is 37.0. The second-order valence-corrected chi connectivity index (χ2v) is 60.9. The molecule has 0 unspecified atom stereocenters.